The zero-order valence-corrected chi connectivity index (χ0v) is 19.0. The summed E-state index contributed by atoms with van der Waals surface area (Å²) in [4.78, 5) is 0. The first-order valence-electron chi connectivity index (χ1n) is 10.6. The van der Waals surface area contributed by atoms with Crippen molar-refractivity contribution in [2.45, 2.75) is 26.2 Å². The summed E-state index contributed by atoms with van der Waals surface area (Å²) in [6, 6.07) is 20.2. The summed E-state index contributed by atoms with van der Waals surface area (Å²) in [6.07, 6.45) is 2.97. The molecule has 168 valence electrons. The van der Waals surface area contributed by atoms with Crippen molar-refractivity contribution in [3.05, 3.63) is 72.3 Å². The first-order chi connectivity index (χ1) is 15.6. The minimum Gasteiger partial charge on any atom is -0.497 e. The molecule has 0 saturated heterocycles. The Bertz CT molecular complexity index is 910. The first kappa shape index (κ1) is 23.2. The molecule has 0 saturated carbocycles. The Kier molecular flexibility index (Phi) is 8.55. The average molecular weight is 436 g/mol. The van der Waals surface area contributed by atoms with E-state index in [-0.39, 0.29) is 0 Å². The maximum Gasteiger partial charge on any atom is 0.864 e. The average Bonchev–Trinajstić information content (AvgIpc) is 2.84. The van der Waals surface area contributed by atoms with Gasteiger partial charge < -0.3 is 28.2 Å². The molecular formula is C25H29BO6. The van der Waals surface area contributed by atoms with Gasteiger partial charge in [-0.3, -0.25) is 0 Å². The van der Waals surface area contributed by atoms with Crippen LogP contribution in [0.3, 0.4) is 0 Å². The van der Waals surface area contributed by atoms with Gasteiger partial charge in [-0.2, -0.15) is 0 Å². The van der Waals surface area contributed by atoms with E-state index in [1.807, 2.05) is 42.5 Å². The molecule has 0 heterocycles. The largest absolute Gasteiger partial charge is 0.864 e. The van der Waals surface area contributed by atoms with Gasteiger partial charge in [0.25, 0.3) is 0 Å². The lowest BCUT2D eigenvalue weighted by molar-refractivity contribution is 0.305. The van der Waals surface area contributed by atoms with E-state index < -0.39 is 7.32 Å². The van der Waals surface area contributed by atoms with Gasteiger partial charge in [-0.1, -0.05) is 13.3 Å². The molecule has 0 radical (unpaired) electrons. The van der Waals surface area contributed by atoms with E-state index in [9.17, 15) is 0 Å². The molecule has 0 atom stereocenters. The van der Waals surface area contributed by atoms with Crippen LogP contribution in [0.2, 0.25) is 0 Å². The first-order valence-corrected chi connectivity index (χ1v) is 10.6. The van der Waals surface area contributed by atoms with Gasteiger partial charge in [-0.05, 0) is 85.1 Å². The topological polar surface area (TPSA) is 55.4 Å². The Morgan fingerprint density at radius 1 is 0.594 bits per heavy atom. The lowest BCUT2D eigenvalue weighted by atomic mass is 10.1. The van der Waals surface area contributed by atoms with E-state index in [1.54, 1.807) is 45.6 Å². The van der Waals surface area contributed by atoms with Crippen LogP contribution in [-0.4, -0.2) is 28.7 Å². The molecule has 3 aromatic rings. The standard InChI is InChI=1S/C25H29BO6/c1-5-6-7-19-18-24(29-4)16-17-25(19)32-26(30-22-12-8-20(27-2)9-13-22)31-23-14-10-21(28-3)11-15-23/h8-18H,5-7H2,1-4H3. The third-order valence-corrected chi connectivity index (χ3v) is 4.87. The quantitative estimate of drug-likeness (QED) is 0.346. The summed E-state index contributed by atoms with van der Waals surface area (Å²) in [5.74, 6) is 4.13. The predicted molar refractivity (Wildman–Crippen MR) is 125 cm³/mol. The van der Waals surface area contributed by atoms with Crippen LogP contribution in [0.25, 0.3) is 0 Å². The van der Waals surface area contributed by atoms with Crippen molar-refractivity contribution in [2.75, 3.05) is 21.3 Å². The molecule has 0 aliphatic rings. The number of ether oxygens (including phenoxy) is 3. The maximum absolute atomic E-state index is 6.20. The number of hydrogen-bond acceptors (Lipinski definition) is 6. The van der Waals surface area contributed by atoms with Crippen molar-refractivity contribution in [3.8, 4) is 34.5 Å². The number of hydrogen-bond donors (Lipinski definition) is 0. The fourth-order valence-electron chi connectivity index (χ4n) is 3.07. The highest BCUT2D eigenvalue weighted by atomic mass is 16.7. The molecule has 0 unspecified atom stereocenters. The molecule has 0 aliphatic heterocycles. The summed E-state index contributed by atoms with van der Waals surface area (Å²) in [5, 5.41) is 0. The Labute approximate surface area is 190 Å². The van der Waals surface area contributed by atoms with Crippen LogP contribution in [0.1, 0.15) is 25.3 Å². The van der Waals surface area contributed by atoms with Crippen LogP contribution < -0.4 is 28.2 Å². The molecular weight excluding hydrogens is 407 g/mol. The van der Waals surface area contributed by atoms with Gasteiger partial charge in [0, 0.05) is 0 Å². The van der Waals surface area contributed by atoms with Gasteiger partial charge in [-0.25, -0.2) is 0 Å². The molecule has 0 amide bonds. The lowest BCUT2D eigenvalue weighted by Crippen LogP contribution is -2.37. The van der Waals surface area contributed by atoms with Crippen molar-refractivity contribution in [1.29, 1.82) is 0 Å². The predicted octanol–water partition coefficient (Wildman–Crippen LogP) is 5.58. The molecule has 0 bridgehead atoms. The zero-order valence-electron chi connectivity index (χ0n) is 19.0. The highest BCUT2D eigenvalue weighted by molar-refractivity contribution is 6.39. The van der Waals surface area contributed by atoms with E-state index in [0.29, 0.717) is 17.2 Å². The monoisotopic (exact) mass is 436 g/mol. The highest BCUT2D eigenvalue weighted by Crippen LogP contribution is 2.28. The van der Waals surface area contributed by atoms with Crippen LogP contribution in [0, 0.1) is 0 Å². The van der Waals surface area contributed by atoms with Gasteiger partial charge in [-0.15, -0.1) is 0 Å². The van der Waals surface area contributed by atoms with Crippen LogP contribution >= 0.6 is 0 Å². The molecule has 0 aromatic heterocycles. The van der Waals surface area contributed by atoms with Crippen LogP contribution in [0.5, 0.6) is 34.5 Å². The molecule has 0 aliphatic carbocycles. The normalized spacial score (nSPS) is 10.2. The molecule has 0 N–H and O–H groups in total. The summed E-state index contributed by atoms with van der Waals surface area (Å²) < 4.78 is 34.1. The number of unbranched alkanes of at least 4 members (excludes halogenated alkanes) is 1. The minimum absolute atomic E-state index is 0.591. The van der Waals surface area contributed by atoms with Crippen molar-refractivity contribution < 1.29 is 28.2 Å². The molecule has 3 aromatic carbocycles. The van der Waals surface area contributed by atoms with Crippen LogP contribution in [-0.2, 0) is 6.42 Å². The minimum atomic E-state index is -1.01. The second-order valence-electron chi connectivity index (χ2n) is 7.07. The molecule has 7 heteroatoms. The SMILES string of the molecule is CCCCc1cc(OC)ccc1OB(Oc1ccc(OC)cc1)Oc1ccc(OC)cc1. The molecule has 3 rings (SSSR count). The van der Waals surface area contributed by atoms with E-state index in [2.05, 4.69) is 6.92 Å². The fourth-order valence-corrected chi connectivity index (χ4v) is 3.07. The molecule has 6 nitrogen and oxygen atoms in total. The summed E-state index contributed by atoms with van der Waals surface area (Å²) in [7, 11) is 3.89. The van der Waals surface area contributed by atoms with Crippen molar-refractivity contribution in [3.63, 3.8) is 0 Å². The summed E-state index contributed by atoms with van der Waals surface area (Å²) >= 11 is 0. The third kappa shape index (κ3) is 6.51. The van der Waals surface area contributed by atoms with Gasteiger partial charge in [0.2, 0.25) is 0 Å². The van der Waals surface area contributed by atoms with E-state index in [0.717, 1.165) is 42.1 Å². The van der Waals surface area contributed by atoms with E-state index in [1.165, 1.54) is 0 Å². The molecule has 32 heavy (non-hydrogen) atoms. The van der Waals surface area contributed by atoms with Gasteiger partial charge in [0.05, 0.1) is 21.3 Å². The fraction of sp³-hybridized carbons (Fsp3) is 0.280. The Balaban J connectivity index is 1.85. The number of benzene rings is 3. The summed E-state index contributed by atoms with van der Waals surface area (Å²) in [6.45, 7) is 2.16. The Morgan fingerprint density at radius 3 is 1.53 bits per heavy atom. The number of methoxy groups -OCH3 is 3. The second kappa shape index (κ2) is 11.8. The maximum atomic E-state index is 6.20. The van der Waals surface area contributed by atoms with Crippen LogP contribution in [0.15, 0.2) is 66.7 Å². The lowest BCUT2D eigenvalue weighted by Gasteiger charge is -2.19. The second-order valence-corrected chi connectivity index (χ2v) is 7.07. The van der Waals surface area contributed by atoms with Crippen molar-refractivity contribution >= 4 is 7.32 Å². The summed E-state index contributed by atoms with van der Waals surface area (Å²) in [5.41, 5.74) is 1.04. The number of aryl methyl sites for hydroxylation is 1. The van der Waals surface area contributed by atoms with E-state index >= 15 is 0 Å². The number of rotatable bonds is 12. The zero-order chi connectivity index (χ0) is 22.8. The van der Waals surface area contributed by atoms with Gasteiger partial charge in [0.15, 0.2) is 0 Å². The van der Waals surface area contributed by atoms with Gasteiger partial charge >= 0.3 is 7.32 Å². The smallest absolute Gasteiger partial charge is 0.497 e. The van der Waals surface area contributed by atoms with Crippen molar-refractivity contribution in [2.24, 2.45) is 0 Å². The molecule has 0 fully saturated rings. The van der Waals surface area contributed by atoms with E-state index in [4.69, 9.17) is 28.2 Å². The third-order valence-electron chi connectivity index (χ3n) is 4.87. The van der Waals surface area contributed by atoms with Gasteiger partial charge in [0.1, 0.15) is 34.5 Å². The Morgan fingerprint density at radius 2 is 1.06 bits per heavy atom. The Hall–Kier alpha value is -3.48. The molecule has 0 spiro atoms. The van der Waals surface area contributed by atoms with Crippen molar-refractivity contribution in [1.82, 2.24) is 0 Å². The van der Waals surface area contributed by atoms with Crippen LogP contribution in [0.4, 0.5) is 0 Å². The highest BCUT2D eigenvalue weighted by Gasteiger charge is 2.31.